The molecule has 29 heavy (non-hydrogen) atoms. The normalized spacial score (nSPS) is 13.9. The van der Waals surface area contributed by atoms with Gasteiger partial charge in [-0.15, -0.1) is 0 Å². The number of carbonyl (C=O) groups excluding carboxylic acids is 3. The van der Waals surface area contributed by atoms with Crippen molar-refractivity contribution in [3.63, 3.8) is 0 Å². The third-order valence-electron chi connectivity index (χ3n) is 4.69. The number of hydrogen-bond acceptors (Lipinski definition) is 5. The summed E-state index contributed by atoms with van der Waals surface area (Å²) >= 11 is 1.57. The minimum atomic E-state index is -0.839. The van der Waals surface area contributed by atoms with Gasteiger partial charge in [-0.25, -0.2) is 0 Å². The molecule has 1 atom stereocenters. The molecule has 1 aliphatic rings. The average molecular weight is 413 g/mol. The lowest BCUT2D eigenvalue weighted by Gasteiger charge is -2.25. The van der Waals surface area contributed by atoms with Crippen molar-refractivity contribution in [1.29, 1.82) is 0 Å². The number of hydrogen-bond donors (Lipinski definition) is 1. The van der Waals surface area contributed by atoms with E-state index in [1.807, 2.05) is 37.4 Å². The predicted octanol–water partition coefficient (Wildman–Crippen LogP) is 2.91. The van der Waals surface area contributed by atoms with Gasteiger partial charge in [-0.1, -0.05) is 24.3 Å². The summed E-state index contributed by atoms with van der Waals surface area (Å²) in [5.41, 5.74) is 1.79. The number of thioether (sulfide) groups is 1. The Labute approximate surface area is 174 Å². The van der Waals surface area contributed by atoms with E-state index in [2.05, 4.69) is 5.32 Å². The Bertz CT molecular complexity index is 880. The summed E-state index contributed by atoms with van der Waals surface area (Å²) in [7, 11) is 0. The van der Waals surface area contributed by atoms with Crippen LogP contribution in [0.15, 0.2) is 48.5 Å². The Hall–Kier alpha value is -2.80. The van der Waals surface area contributed by atoms with Crippen LogP contribution in [0.3, 0.4) is 0 Å². The lowest BCUT2D eigenvalue weighted by atomic mass is 10.1. The van der Waals surface area contributed by atoms with E-state index in [4.69, 9.17) is 4.74 Å². The number of benzene rings is 2. The van der Waals surface area contributed by atoms with Crippen LogP contribution in [0.5, 0.6) is 5.75 Å². The summed E-state index contributed by atoms with van der Waals surface area (Å²) in [6.45, 7) is 2.56. The molecule has 1 aliphatic heterocycles. The van der Waals surface area contributed by atoms with E-state index in [-0.39, 0.29) is 12.5 Å². The van der Waals surface area contributed by atoms with Crippen LogP contribution in [0.1, 0.15) is 32.7 Å². The molecule has 6 nitrogen and oxygen atoms in total. The van der Waals surface area contributed by atoms with Gasteiger partial charge >= 0.3 is 0 Å². The van der Waals surface area contributed by atoms with E-state index in [0.717, 1.165) is 16.2 Å². The van der Waals surface area contributed by atoms with E-state index in [9.17, 15) is 14.4 Å². The van der Waals surface area contributed by atoms with Crippen molar-refractivity contribution in [2.75, 3.05) is 25.2 Å². The molecule has 3 rings (SSSR count). The molecule has 0 fully saturated rings. The zero-order chi connectivity index (χ0) is 20.8. The van der Waals surface area contributed by atoms with Crippen LogP contribution in [0.2, 0.25) is 0 Å². The van der Waals surface area contributed by atoms with Crippen LogP contribution in [-0.2, 0) is 4.79 Å². The first kappa shape index (κ1) is 20.9. The van der Waals surface area contributed by atoms with Crippen molar-refractivity contribution in [1.82, 2.24) is 10.2 Å². The lowest BCUT2D eigenvalue weighted by molar-refractivity contribution is -0.125. The smallest absolute Gasteiger partial charge is 0.262 e. The number of carbonyl (C=O) groups is 3. The highest BCUT2D eigenvalue weighted by Crippen LogP contribution is 2.26. The van der Waals surface area contributed by atoms with E-state index in [1.165, 1.54) is 0 Å². The van der Waals surface area contributed by atoms with Gasteiger partial charge in [-0.3, -0.25) is 19.3 Å². The molecule has 2 aromatic carbocycles. The number of imide groups is 1. The van der Waals surface area contributed by atoms with Gasteiger partial charge in [0.1, 0.15) is 18.4 Å². The maximum absolute atomic E-state index is 12.8. The van der Waals surface area contributed by atoms with Crippen LogP contribution in [0.4, 0.5) is 0 Å². The molecule has 0 bridgehead atoms. The third kappa shape index (κ3) is 4.79. The first-order chi connectivity index (χ1) is 14.0. The van der Waals surface area contributed by atoms with Crippen LogP contribution >= 0.6 is 11.8 Å². The van der Waals surface area contributed by atoms with Crippen molar-refractivity contribution in [3.05, 3.63) is 65.2 Å². The number of fused-ring (bicyclic) bond motifs is 1. The summed E-state index contributed by atoms with van der Waals surface area (Å²) < 4.78 is 5.65. The highest BCUT2D eigenvalue weighted by atomic mass is 32.2. The van der Waals surface area contributed by atoms with Crippen LogP contribution < -0.4 is 10.1 Å². The maximum Gasteiger partial charge on any atom is 0.262 e. The quantitative estimate of drug-likeness (QED) is 0.506. The molecule has 1 N–H and O–H groups in total. The molecule has 0 aliphatic carbocycles. The highest BCUT2D eigenvalue weighted by Gasteiger charge is 2.42. The number of nitrogens with one attached hydrogen (secondary N) is 1. The molecular formula is C22H24N2O4S. The van der Waals surface area contributed by atoms with Crippen molar-refractivity contribution in [3.8, 4) is 5.75 Å². The zero-order valence-corrected chi connectivity index (χ0v) is 17.3. The molecule has 152 valence electrons. The Morgan fingerprint density at radius 1 is 1.10 bits per heavy atom. The molecular weight excluding hydrogens is 388 g/mol. The summed E-state index contributed by atoms with van der Waals surface area (Å²) in [4.78, 5) is 39.4. The minimum absolute atomic E-state index is 0.283. The van der Waals surface area contributed by atoms with Crippen molar-refractivity contribution >= 4 is 29.5 Å². The maximum atomic E-state index is 12.8. The molecule has 1 heterocycles. The average Bonchev–Trinajstić information content (AvgIpc) is 2.97. The van der Waals surface area contributed by atoms with Gasteiger partial charge in [0.15, 0.2) is 0 Å². The molecule has 7 heteroatoms. The van der Waals surface area contributed by atoms with Crippen LogP contribution in [-0.4, -0.2) is 53.8 Å². The van der Waals surface area contributed by atoms with E-state index in [1.54, 1.807) is 36.0 Å². The van der Waals surface area contributed by atoms with Gasteiger partial charge in [0.2, 0.25) is 5.91 Å². The minimum Gasteiger partial charge on any atom is -0.492 e. The zero-order valence-electron chi connectivity index (χ0n) is 16.5. The van der Waals surface area contributed by atoms with E-state index in [0.29, 0.717) is 29.9 Å². The highest BCUT2D eigenvalue weighted by molar-refractivity contribution is 7.98. The Morgan fingerprint density at radius 3 is 2.41 bits per heavy atom. The second kappa shape index (κ2) is 9.60. The number of amides is 3. The Morgan fingerprint density at radius 2 is 1.79 bits per heavy atom. The number of ether oxygens (including phenoxy) is 1. The molecule has 2 aromatic rings. The molecule has 0 saturated heterocycles. The first-order valence-electron chi connectivity index (χ1n) is 9.46. The fraction of sp³-hybridized carbons (Fsp3) is 0.318. The second-order valence-electron chi connectivity index (χ2n) is 6.78. The standard InChI is InChI=1S/C22H24N2O4S/c1-15-6-5-7-16(14-15)28-12-11-23-20(25)19(10-13-29-2)24-21(26)17-8-3-4-9-18(17)22(24)27/h3-9,14,19H,10-13H2,1-2H3,(H,23,25). The van der Waals surface area contributed by atoms with Gasteiger partial charge in [-0.05, 0) is 55.2 Å². The second-order valence-corrected chi connectivity index (χ2v) is 7.76. The van der Waals surface area contributed by atoms with Crippen LogP contribution in [0, 0.1) is 6.92 Å². The summed E-state index contributed by atoms with van der Waals surface area (Å²) in [6.07, 6.45) is 2.32. The first-order valence-corrected chi connectivity index (χ1v) is 10.9. The van der Waals surface area contributed by atoms with E-state index < -0.39 is 17.9 Å². The molecule has 0 saturated carbocycles. The van der Waals surface area contributed by atoms with Crippen molar-refractivity contribution in [2.45, 2.75) is 19.4 Å². The van der Waals surface area contributed by atoms with Gasteiger partial charge in [0.25, 0.3) is 11.8 Å². The number of aryl methyl sites for hydroxylation is 1. The van der Waals surface area contributed by atoms with Crippen molar-refractivity contribution in [2.24, 2.45) is 0 Å². The summed E-state index contributed by atoms with van der Waals surface area (Å²) in [5, 5.41) is 2.80. The third-order valence-corrected chi connectivity index (χ3v) is 5.34. The van der Waals surface area contributed by atoms with Crippen molar-refractivity contribution < 1.29 is 19.1 Å². The molecule has 0 spiro atoms. The Balaban J connectivity index is 1.63. The van der Waals surface area contributed by atoms with Gasteiger partial charge in [0.05, 0.1) is 17.7 Å². The topological polar surface area (TPSA) is 75.7 Å². The summed E-state index contributed by atoms with van der Waals surface area (Å²) in [6, 6.07) is 13.5. The summed E-state index contributed by atoms with van der Waals surface area (Å²) in [5.74, 6) is 0.219. The van der Waals surface area contributed by atoms with Crippen LogP contribution in [0.25, 0.3) is 0 Å². The van der Waals surface area contributed by atoms with Gasteiger partial charge in [-0.2, -0.15) is 11.8 Å². The van der Waals surface area contributed by atoms with Gasteiger partial charge < -0.3 is 10.1 Å². The lowest BCUT2D eigenvalue weighted by Crippen LogP contribution is -2.50. The predicted molar refractivity (Wildman–Crippen MR) is 113 cm³/mol. The monoisotopic (exact) mass is 412 g/mol. The largest absolute Gasteiger partial charge is 0.492 e. The number of nitrogens with zero attached hydrogens (tertiary/aromatic N) is 1. The molecule has 0 aromatic heterocycles. The molecule has 3 amide bonds. The SMILES string of the molecule is CSCCC(C(=O)NCCOc1cccc(C)c1)N1C(=O)c2ccccc2C1=O. The van der Waals surface area contributed by atoms with E-state index >= 15 is 0 Å². The fourth-order valence-corrected chi connectivity index (χ4v) is 3.72. The van der Waals surface area contributed by atoms with Gasteiger partial charge in [0, 0.05) is 0 Å². The molecule has 0 radical (unpaired) electrons. The molecule has 1 unspecified atom stereocenters. The fourth-order valence-electron chi connectivity index (χ4n) is 3.26. The number of rotatable bonds is 9. The Kier molecular flexibility index (Phi) is 6.93.